The highest BCUT2D eigenvalue weighted by molar-refractivity contribution is 5.46. The van der Waals surface area contributed by atoms with Gasteiger partial charge >= 0.3 is 0 Å². The quantitative estimate of drug-likeness (QED) is 0.895. The van der Waals surface area contributed by atoms with Crippen LogP contribution in [0.3, 0.4) is 0 Å². The Morgan fingerprint density at radius 3 is 2.06 bits per heavy atom. The number of hydrogen-bond acceptors (Lipinski definition) is 2. The smallest absolute Gasteiger partial charge is 0.123 e. The van der Waals surface area contributed by atoms with Crippen LogP contribution in [0.2, 0.25) is 0 Å². The van der Waals surface area contributed by atoms with E-state index in [1.54, 1.807) is 12.1 Å². The van der Waals surface area contributed by atoms with Crippen molar-refractivity contribution in [2.75, 3.05) is 11.9 Å². The third kappa shape index (κ3) is 3.08. The Hall–Kier alpha value is -1.87. The minimum atomic E-state index is -0.223. The minimum absolute atomic E-state index is 0.0636. The summed E-state index contributed by atoms with van der Waals surface area (Å²) in [6.45, 7) is 0.811. The van der Waals surface area contributed by atoms with E-state index in [1.165, 1.54) is 12.1 Å². The van der Waals surface area contributed by atoms with E-state index in [9.17, 15) is 4.39 Å². The molecule has 0 aliphatic rings. The average molecular weight is 245 g/mol. The largest absolute Gasteiger partial charge is 0.392 e. The van der Waals surface area contributed by atoms with Gasteiger partial charge in [0, 0.05) is 19.3 Å². The highest BCUT2D eigenvalue weighted by Crippen LogP contribution is 2.16. The molecule has 3 heteroatoms. The zero-order valence-electron chi connectivity index (χ0n) is 10.3. The molecule has 2 aromatic rings. The Morgan fingerprint density at radius 2 is 1.50 bits per heavy atom. The normalized spacial score (nSPS) is 10.4. The van der Waals surface area contributed by atoms with Crippen LogP contribution in [0, 0.1) is 5.82 Å². The van der Waals surface area contributed by atoms with Gasteiger partial charge in [0.1, 0.15) is 5.82 Å². The summed E-state index contributed by atoms with van der Waals surface area (Å²) in [7, 11) is 1.97. The van der Waals surface area contributed by atoms with Gasteiger partial charge in [0.05, 0.1) is 6.61 Å². The molecule has 0 radical (unpaired) electrons. The van der Waals surface area contributed by atoms with E-state index in [-0.39, 0.29) is 12.4 Å². The molecule has 2 nitrogen and oxygen atoms in total. The van der Waals surface area contributed by atoms with E-state index >= 15 is 0 Å². The topological polar surface area (TPSA) is 23.5 Å². The van der Waals surface area contributed by atoms with Crippen LogP contribution in [0.15, 0.2) is 48.5 Å². The van der Waals surface area contributed by atoms with E-state index in [0.717, 1.165) is 23.4 Å². The van der Waals surface area contributed by atoms with Gasteiger partial charge in [0.25, 0.3) is 0 Å². The van der Waals surface area contributed by atoms with Gasteiger partial charge in [0.2, 0.25) is 0 Å². The van der Waals surface area contributed by atoms with Gasteiger partial charge in [-0.2, -0.15) is 0 Å². The predicted molar refractivity (Wildman–Crippen MR) is 70.9 cm³/mol. The van der Waals surface area contributed by atoms with Gasteiger partial charge in [-0.05, 0) is 35.4 Å². The Balaban J connectivity index is 2.05. The first-order valence-corrected chi connectivity index (χ1v) is 5.84. The van der Waals surface area contributed by atoms with Crippen molar-refractivity contribution < 1.29 is 9.50 Å². The molecular formula is C15H16FNO. The molecule has 2 rings (SSSR count). The van der Waals surface area contributed by atoms with Crippen molar-refractivity contribution in [3.05, 3.63) is 65.5 Å². The van der Waals surface area contributed by atoms with E-state index in [2.05, 4.69) is 0 Å². The molecule has 0 aromatic heterocycles. The van der Waals surface area contributed by atoms with Crippen LogP contribution in [0.25, 0.3) is 0 Å². The standard InChI is InChI=1S/C15H16FNO/c1-17(15-8-6-14(16)7-9-15)10-12-2-4-13(11-18)5-3-12/h2-9,18H,10-11H2,1H3. The summed E-state index contributed by atoms with van der Waals surface area (Å²) < 4.78 is 12.8. The van der Waals surface area contributed by atoms with Crippen molar-refractivity contribution >= 4 is 5.69 Å². The Kier molecular flexibility index (Phi) is 3.95. The number of anilines is 1. The number of nitrogens with zero attached hydrogens (tertiary/aromatic N) is 1. The monoisotopic (exact) mass is 245 g/mol. The number of rotatable bonds is 4. The molecule has 0 amide bonds. The number of hydrogen-bond donors (Lipinski definition) is 1. The fraction of sp³-hybridized carbons (Fsp3) is 0.200. The Labute approximate surface area is 106 Å². The SMILES string of the molecule is CN(Cc1ccc(CO)cc1)c1ccc(F)cc1. The predicted octanol–water partition coefficient (Wildman–Crippen LogP) is 2.95. The van der Waals surface area contributed by atoms with Gasteiger partial charge in [-0.25, -0.2) is 4.39 Å². The molecule has 0 atom stereocenters. The molecule has 0 saturated carbocycles. The zero-order valence-corrected chi connectivity index (χ0v) is 10.3. The van der Waals surface area contributed by atoms with Crippen molar-refractivity contribution in [2.24, 2.45) is 0 Å². The highest BCUT2D eigenvalue weighted by atomic mass is 19.1. The van der Waals surface area contributed by atoms with E-state index in [4.69, 9.17) is 5.11 Å². The second-order valence-electron chi connectivity index (χ2n) is 4.31. The van der Waals surface area contributed by atoms with E-state index in [0.29, 0.717) is 0 Å². The first-order chi connectivity index (χ1) is 8.69. The van der Waals surface area contributed by atoms with Crippen molar-refractivity contribution in [1.82, 2.24) is 0 Å². The molecule has 94 valence electrons. The third-order valence-corrected chi connectivity index (χ3v) is 2.89. The molecule has 0 aliphatic heterocycles. The van der Waals surface area contributed by atoms with E-state index in [1.807, 2.05) is 36.2 Å². The second kappa shape index (κ2) is 5.65. The Morgan fingerprint density at radius 1 is 0.944 bits per heavy atom. The second-order valence-corrected chi connectivity index (χ2v) is 4.31. The maximum Gasteiger partial charge on any atom is 0.123 e. The first-order valence-electron chi connectivity index (χ1n) is 5.84. The van der Waals surface area contributed by atoms with Crippen molar-refractivity contribution in [1.29, 1.82) is 0 Å². The average Bonchev–Trinajstić information content (AvgIpc) is 2.40. The summed E-state index contributed by atoms with van der Waals surface area (Å²) in [6.07, 6.45) is 0. The highest BCUT2D eigenvalue weighted by Gasteiger charge is 2.02. The van der Waals surface area contributed by atoms with Crippen LogP contribution < -0.4 is 4.90 Å². The van der Waals surface area contributed by atoms with Crippen LogP contribution in [-0.2, 0) is 13.2 Å². The molecule has 18 heavy (non-hydrogen) atoms. The molecular weight excluding hydrogens is 229 g/mol. The van der Waals surface area contributed by atoms with Gasteiger partial charge in [-0.1, -0.05) is 24.3 Å². The Bertz CT molecular complexity index is 493. The lowest BCUT2D eigenvalue weighted by Gasteiger charge is -2.19. The van der Waals surface area contributed by atoms with Crippen molar-refractivity contribution in [3.8, 4) is 0 Å². The number of halogens is 1. The lowest BCUT2D eigenvalue weighted by atomic mass is 10.1. The summed E-state index contributed by atoms with van der Waals surface area (Å²) in [5.74, 6) is -0.223. The van der Waals surface area contributed by atoms with Gasteiger partial charge in [0.15, 0.2) is 0 Å². The van der Waals surface area contributed by atoms with Crippen molar-refractivity contribution in [2.45, 2.75) is 13.2 Å². The molecule has 0 spiro atoms. The fourth-order valence-corrected chi connectivity index (χ4v) is 1.81. The number of aliphatic hydroxyl groups excluding tert-OH is 1. The lowest BCUT2D eigenvalue weighted by Crippen LogP contribution is -2.16. The maximum absolute atomic E-state index is 12.8. The minimum Gasteiger partial charge on any atom is -0.392 e. The summed E-state index contributed by atoms with van der Waals surface area (Å²) >= 11 is 0. The van der Waals surface area contributed by atoms with Gasteiger partial charge in [-0.3, -0.25) is 0 Å². The molecule has 0 heterocycles. The third-order valence-electron chi connectivity index (χ3n) is 2.89. The molecule has 0 bridgehead atoms. The molecule has 0 unspecified atom stereocenters. The van der Waals surface area contributed by atoms with Crippen molar-refractivity contribution in [3.63, 3.8) is 0 Å². The van der Waals surface area contributed by atoms with Crippen LogP contribution in [-0.4, -0.2) is 12.2 Å². The lowest BCUT2D eigenvalue weighted by molar-refractivity contribution is 0.282. The van der Waals surface area contributed by atoms with Crippen LogP contribution in [0.1, 0.15) is 11.1 Å². The summed E-state index contributed by atoms with van der Waals surface area (Å²) in [4.78, 5) is 2.05. The molecule has 0 fully saturated rings. The van der Waals surface area contributed by atoms with E-state index < -0.39 is 0 Å². The molecule has 0 aliphatic carbocycles. The van der Waals surface area contributed by atoms with Crippen LogP contribution in [0.4, 0.5) is 10.1 Å². The summed E-state index contributed by atoms with van der Waals surface area (Å²) in [6, 6.07) is 14.2. The maximum atomic E-state index is 12.8. The summed E-state index contributed by atoms with van der Waals surface area (Å²) in [5.41, 5.74) is 3.03. The first kappa shape index (κ1) is 12.6. The number of aliphatic hydroxyl groups is 1. The van der Waals surface area contributed by atoms with Gasteiger partial charge in [-0.15, -0.1) is 0 Å². The van der Waals surface area contributed by atoms with Crippen LogP contribution >= 0.6 is 0 Å². The molecule has 1 N–H and O–H groups in total. The summed E-state index contributed by atoms with van der Waals surface area (Å²) in [5, 5.41) is 8.97. The van der Waals surface area contributed by atoms with Gasteiger partial charge < -0.3 is 10.0 Å². The zero-order chi connectivity index (χ0) is 13.0. The molecule has 2 aromatic carbocycles. The number of benzene rings is 2. The molecule has 0 saturated heterocycles. The fourth-order valence-electron chi connectivity index (χ4n) is 1.81. The van der Waals surface area contributed by atoms with Crippen LogP contribution in [0.5, 0.6) is 0 Å².